The number of aromatic nitrogens is 3. The van der Waals surface area contributed by atoms with Crippen molar-refractivity contribution in [3.05, 3.63) is 71.8 Å². The summed E-state index contributed by atoms with van der Waals surface area (Å²) >= 11 is 0. The van der Waals surface area contributed by atoms with Gasteiger partial charge in [-0.3, -0.25) is 9.88 Å². The first-order chi connectivity index (χ1) is 14.2. The van der Waals surface area contributed by atoms with Crippen LogP contribution in [-0.2, 0) is 19.6 Å². The monoisotopic (exact) mass is 389 g/mol. The zero-order valence-corrected chi connectivity index (χ0v) is 17.6. The molecule has 1 N–H and O–H groups in total. The van der Waals surface area contributed by atoms with Crippen LogP contribution in [0.15, 0.2) is 49.2 Å². The fourth-order valence-electron chi connectivity index (χ4n) is 4.35. The molecule has 0 amide bonds. The zero-order chi connectivity index (χ0) is 20.2. The normalized spacial score (nSPS) is 15.3. The molecule has 1 fully saturated rings. The molecule has 1 aromatic carbocycles. The number of hydrogen-bond acceptors (Lipinski definition) is 4. The topological polar surface area (TPSA) is 46.0 Å². The molecule has 1 aliphatic heterocycles. The third-order valence-electron chi connectivity index (χ3n) is 5.89. The van der Waals surface area contributed by atoms with Gasteiger partial charge < -0.3 is 9.88 Å². The van der Waals surface area contributed by atoms with E-state index in [0.717, 1.165) is 56.9 Å². The van der Waals surface area contributed by atoms with Gasteiger partial charge in [0.15, 0.2) is 0 Å². The van der Waals surface area contributed by atoms with Gasteiger partial charge in [0.05, 0.1) is 23.3 Å². The summed E-state index contributed by atoms with van der Waals surface area (Å²) < 4.78 is 2.30. The van der Waals surface area contributed by atoms with E-state index in [2.05, 4.69) is 65.5 Å². The first-order valence-electron chi connectivity index (χ1n) is 10.6. The van der Waals surface area contributed by atoms with Gasteiger partial charge >= 0.3 is 0 Å². The van der Waals surface area contributed by atoms with Gasteiger partial charge in [0, 0.05) is 25.3 Å². The Morgan fingerprint density at radius 2 is 2.00 bits per heavy atom. The average Bonchev–Trinajstić information content (AvgIpc) is 3.07. The van der Waals surface area contributed by atoms with Crippen LogP contribution in [0, 0.1) is 13.8 Å². The maximum Gasteiger partial charge on any atom is 0.124 e. The molecule has 2 aromatic heterocycles. The highest BCUT2D eigenvalue weighted by atomic mass is 15.2. The van der Waals surface area contributed by atoms with E-state index in [1.807, 2.05) is 12.3 Å². The van der Waals surface area contributed by atoms with Crippen LogP contribution in [0.3, 0.4) is 0 Å². The number of pyridine rings is 1. The minimum atomic E-state index is 0.538. The Morgan fingerprint density at radius 1 is 1.21 bits per heavy atom. The molecule has 29 heavy (non-hydrogen) atoms. The zero-order valence-electron chi connectivity index (χ0n) is 17.6. The van der Waals surface area contributed by atoms with Crippen LogP contribution < -0.4 is 5.32 Å². The highest BCUT2D eigenvalue weighted by Crippen LogP contribution is 2.23. The highest BCUT2D eigenvalue weighted by Gasteiger charge is 2.24. The van der Waals surface area contributed by atoms with E-state index in [1.54, 1.807) is 0 Å². The van der Waals surface area contributed by atoms with Crippen molar-refractivity contribution in [1.82, 2.24) is 24.8 Å². The van der Waals surface area contributed by atoms with Gasteiger partial charge in [-0.25, -0.2) is 4.98 Å². The van der Waals surface area contributed by atoms with Gasteiger partial charge in [-0.2, -0.15) is 0 Å². The van der Waals surface area contributed by atoms with E-state index in [9.17, 15) is 0 Å². The number of piperidine rings is 1. The Bertz CT molecular complexity index is 984. The van der Waals surface area contributed by atoms with Gasteiger partial charge in [0.25, 0.3) is 0 Å². The van der Waals surface area contributed by atoms with E-state index in [1.165, 1.54) is 22.3 Å². The van der Waals surface area contributed by atoms with E-state index in [4.69, 9.17) is 9.97 Å². The SMILES string of the molecule is C=CCn1c(CN(Cc2ncc(C)cc2C)C2CCNCC2)nc2ccccc21. The van der Waals surface area contributed by atoms with Gasteiger partial charge in [0.2, 0.25) is 0 Å². The van der Waals surface area contributed by atoms with Gasteiger partial charge in [-0.15, -0.1) is 6.58 Å². The lowest BCUT2D eigenvalue weighted by Gasteiger charge is -2.34. The molecular weight excluding hydrogens is 358 g/mol. The fourth-order valence-corrected chi connectivity index (χ4v) is 4.35. The Morgan fingerprint density at radius 3 is 2.76 bits per heavy atom. The summed E-state index contributed by atoms with van der Waals surface area (Å²) in [6, 6.07) is 11.2. The second-order valence-electron chi connectivity index (χ2n) is 8.08. The number of benzene rings is 1. The fraction of sp³-hybridized carbons (Fsp3) is 0.417. The van der Waals surface area contributed by atoms with E-state index >= 15 is 0 Å². The summed E-state index contributed by atoms with van der Waals surface area (Å²) in [5.74, 6) is 1.11. The van der Waals surface area contributed by atoms with Crippen molar-refractivity contribution in [2.75, 3.05) is 13.1 Å². The molecule has 1 aliphatic rings. The quantitative estimate of drug-likeness (QED) is 0.621. The predicted molar refractivity (Wildman–Crippen MR) is 119 cm³/mol. The first-order valence-corrected chi connectivity index (χ1v) is 10.6. The van der Waals surface area contributed by atoms with Gasteiger partial charge in [-0.05, 0) is 63.0 Å². The smallest absolute Gasteiger partial charge is 0.124 e. The number of para-hydroxylation sites is 2. The van der Waals surface area contributed by atoms with Crippen molar-refractivity contribution in [3.8, 4) is 0 Å². The van der Waals surface area contributed by atoms with Crippen molar-refractivity contribution >= 4 is 11.0 Å². The summed E-state index contributed by atoms with van der Waals surface area (Å²) in [5.41, 5.74) is 5.88. The molecule has 1 saturated heterocycles. The molecule has 5 heteroatoms. The molecule has 0 atom stereocenters. The minimum Gasteiger partial charge on any atom is -0.323 e. The second kappa shape index (κ2) is 8.89. The minimum absolute atomic E-state index is 0.538. The van der Waals surface area contributed by atoms with Crippen molar-refractivity contribution in [2.24, 2.45) is 0 Å². The third kappa shape index (κ3) is 4.41. The molecule has 3 aromatic rings. The Balaban J connectivity index is 1.67. The van der Waals surface area contributed by atoms with Crippen molar-refractivity contribution in [1.29, 1.82) is 0 Å². The van der Waals surface area contributed by atoms with Gasteiger partial charge in [0.1, 0.15) is 5.82 Å². The molecule has 0 spiro atoms. The van der Waals surface area contributed by atoms with Crippen LogP contribution in [0.4, 0.5) is 0 Å². The maximum absolute atomic E-state index is 4.98. The second-order valence-corrected chi connectivity index (χ2v) is 8.08. The van der Waals surface area contributed by atoms with Gasteiger partial charge in [-0.1, -0.05) is 24.3 Å². The van der Waals surface area contributed by atoms with E-state index in [-0.39, 0.29) is 0 Å². The van der Waals surface area contributed by atoms with Crippen LogP contribution >= 0.6 is 0 Å². The first kappa shape index (κ1) is 19.8. The maximum atomic E-state index is 4.98. The molecule has 0 radical (unpaired) electrons. The molecule has 5 nitrogen and oxygen atoms in total. The van der Waals surface area contributed by atoms with Crippen LogP contribution in [0.25, 0.3) is 11.0 Å². The lowest BCUT2D eigenvalue weighted by molar-refractivity contribution is 0.139. The number of rotatable bonds is 7. The third-order valence-corrected chi connectivity index (χ3v) is 5.89. The summed E-state index contributed by atoms with van der Waals surface area (Å²) in [7, 11) is 0. The largest absolute Gasteiger partial charge is 0.323 e. The molecule has 3 heterocycles. The molecule has 4 rings (SSSR count). The lowest BCUT2D eigenvalue weighted by atomic mass is 10.0. The molecule has 0 saturated carbocycles. The van der Waals surface area contributed by atoms with Crippen molar-refractivity contribution in [3.63, 3.8) is 0 Å². The number of aryl methyl sites for hydroxylation is 2. The molecular formula is C24H31N5. The number of fused-ring (bicyclic) bond motifs is 1. The molecule has 0 aliphatic carbocycles. The molecule has 152 valence electrons. The summed E-state index contributed by atoms with van der Waals surface area (Å²) in [6.45, 7) is 12.8. The van der Waals surface area contributed by atoms with Crippen LogP contribution in [0.5, 0.6) is 0 Å². The number of hydrogen-bond donors (Lipinski definition) is 1. The Labute approximate surface area is 173 Å². The number of nitrogens with zero attached hydrogens (tertiary/aromatic N) is 4. The summed E-state index contributed by atoms with van der Waals surface area (Å²) in [4.78, 5) is 12.3. The average molecular weight is 390 g/mol. The molecule has 0 unspecified atom stereocenters. The number of imidazole rings is 1. The Kier molecular flexibility index (Phi) is 6.07. The van der Waals surface area contributed by atoms with Crippen molar-refractivity contribution in [2.45, 2.75) is 52.4 Å². The van der Waals surface area contributed by atoms with Crippen LogP contribution in [0.2, 0.25) is 0 Å². The summed E-state index contributed by atoms with van der Waals surface area (Å²) in [6.07, 6.45) is 6.26. The summed E-state index contributed by atoms with van der Waals surface area (Å²) in [5, 5.41) is 3.49. The lowest BCUT2D eigenvalue weighted by Crippen LogP contribution is -2.43. The predicted octanol–water partition coefficient (Wildman–Crippen LogP) is 3.99. The Hall–Kier alpha value is -2.50. The number of allylic oxidation sites excluding steroid dienone is 1. The van der Waals surface area contributed by atoms with Crippen LogP contribution in [0.1, 0.15) is 35.5 Å². The van der Waals surface area contributed by atoms with Crippen molar-refractivity contribution < 1.29 is 0 Å². The highest BCUT2D eigenvalue weighted by molar-refractivity contribution is 5.75. The number of nitrogens with one attached hydrogen (secondary N) is 1. The van der Waals surface area contributed by atoms with Crippen LogP contribution in [-0.4, -0.2) is 38.6 Å². The van der Waals surface area contributed by atoms with E-state index < -0.39 is 0 Å². The molecule has 0 bridgehead atoms. The standard InChI is InChI=1S/C24H31N5/c1-4-13-29-23-8-6-5-7-21(23)27-24(29)17-28(20-9-11-25-12-10-20)16-22-19(3)14-18(2)15-26-22/h4-8,14-15,20,25H,1,9-13,16-17H2,2-3H3. The van der Waals surface area contributed by atoms with E-state index in [0.29, 0.717) is 6.04 Å².